The van der Waals surface area contributed by atoms with E-state index in [2.05, 4.69) is 10.3 Å². The summed E-state index contributed by atoms with van der Waals surface area (Å²) in [5, 5.41) is 3.06. The number of halogens is 3. The Hall–Kier alpha value is -1.45. The van der Waals surface area contributed by atoms with E-state index in [1.807, 2.05) is 20.8 Å². The summed E-state index contributed by atoms with van der Waals surface area (Å²) in [5.74, 6) is -0.541. The van der Waals surface area contributed by atoms with Crippen LogP contribution in [0.25, 0.3) is 0 Å². The minimum atomic E-state index is -0.503. The Bertz CT molecular complexity index is 580. The number of guanidine groups is 1. The van der Waals surface area contributed by atoms with Crippen molar-refractivity contribution in [3.63, 3.8) is 0 Å². The second-order valence-corrected chi connectivity index (χ2v) is 5.33. The normalized spacial score (nSPS) is 10.9. The van der Waals surface area contributed by atoms with E-state index in [4.69, 9.17) is 0 Å². The van der Waals surface area contributed by atoms with E-state index >= 15 is 0 Å². The molecule has 0 aliphatic carbocycles. The molecular formula is C17H27F2IN4O. The van der Waals surface area contributed by atoms with Gasteiger partial charge in [-0.3, -0.25) is 4.79 Å². The average molecular weight is 468 g/mol. The molecule has 1 amide bonds. The molecule has 1 N–H and O–H groups in total. The fraction of sp³-hybridized carbons (Fsp3) is 0.529. The van der Waals surface area contributed by atoms with Gasteiger partial charge in [-0.25, -0.2) is 13.8 Å². The summed E-state index contributed by atoms with van der Waals surface area (Å²) in [7, 11) is 1.74. The number of aliphatic imine (C=N–C) groups is 1. The van der Waals surface area contributed by atoms with Crippen LogP contribution < -0.4 is 5.32 Å². The third kappa shape index (κ3) is 7.54. The van der Waals surface area contributed by atoms with Gasteiger partial charge in [-0.1, -0.05) is 0 Å². The molecule has 0 saturated heterocycles. The molecule has 0 radical (unpaired) electrons. The standard InChI is InChI=1S/C17H26F2N4O.HI/c1-5-20-17(22(4)12-16(24)23(6-2)7-3)21-11-13-10-14(18)8-9-15(13)19;/h8-10H,5-7,11-12H2,1-4H3,(H,20,21);1H. The average Bonchev–Trinajstić information content (AvgIpc) is 2.55. The summed E-state index contributed by atoms with van der Waals surface area (Å²) in [6.07, 6.45) is 0. The molecule has 0 aliphatic heterocycles. The molecule has 0 aliphatic rings. The van der Waals surface area contributed by atoms with Gasteiger partial charge >= 0.3 is 0 Å². The fourth-order valence-corrected chi connectivity index (χ4v) is 2.25. The Kier molecular flexibility index (Phi) is 11.3. The number of benzene rings is 1. The molecule has 1 aromatic carbocycles. The number of hydrogen-bond donors (Lipinski definition) is 1. The number of likely N-dealkylation sites (N-methyl/N-ethyl adjacent to an activating group) is 2. The van der Waals surface area contributed by atoms with Gasteiger partial charge in [0, 0.05) is 32.2 Å². The number of nitrogens with one attached hydrogen (secondary N) is 1. The Labute approximate surface area is 165 Å². The predicted molar refractivity (Wildman–Crippen MR) is 107 cm³/mol. The summed E-state index contributed by atoms with van der Waals surface area (Å²) >= 11 is 0. The van der Waals surface area contributed by atoms with Gasteiger partial charge in [-0.05, 0) is 39.0 Å². The van der Waals surface area contributed by atoms with Gasteiger partial charge in [0.1, 0.15) is 11.6 Å². The van der Waals surface area contributed by atoms with Crippen molar-refractivity contribution in [3.05, 3.63) is 35.4 Å². The minimum Gasteiger partial charge on any atom is -0.357 e. The zero-order valence-electron chi connectivity index (χ0n) is 15.2. The van der Waals surface area contributed by atoms with Crippen LogP contribution in [0.15, 0.2) is 23.2 Å². The number of nitrogens with zero attached hydrogens (tertiary/aromatic N) is 3. The number of amides is 1. The summed E-state index contributed by atoms with van der Waals surface area (Å²) in [5.41, 5.74) is 0.175. The van der Waals surface area contributed by atoms with Crippen molar-refractivity contribution < 1.29 is 13.6 Å². The van der Waals surface area contributed by atoms with Crippen LogP contribution in [-0.2, 0) is 11.3 Å². The molecule has 5 nitrogen and oxygen atoms in total. The Morgan fingerprint density at radius 3 is 2.40 bits per heavy atom. The maximum absolute atomic E-state index is 13.7. The first-order valence-corrected chi connectivity index (χ1v) is 8.14. The zero-order chi connectivity index (χ0) is 18.1. The number of rotatable bonds is 7. The second-order valence-electron chi connectivity index (χ2n) is 5.33. The summed E-state index contributed by atoms with van der Waals surface area (Å²) in [4.78, 5) is 19.9. The first-order valence-electron chi connectivity index (χ1n) is 8.14. The van der Waals surface area contributed by atoms with Crippen molar-refractivity contribution in [1.29, 1.82) is 0 Å². The maximum Gasteiger partial charge on any atom is 0.242 e. The first-order chi connectivity index (χ1) is 11.4. The van der Waals surface area contributed by atoms with Crippen LogP contribution in [0.5, 0.6) is 0 Å². The van der Waals surface area contributed by atoms with E-state index in [-0.39, 0.29) is 48.5 Å². The van der Waals surface area contributed by atoms with Crippen LogP contribution in [0, 0.1) is 11.6 Å². The molecule has 0 aromatic heterocycles. The fourth-order valence-electron chi connectivity index (χ4n) is 2.25. The van der Waals surface area contributed by atoms with E-state index < -0.39 is 11.6 Å². The number of hydrogen-bond acceptors (Lipinski definition) is 2. The molecule has 0 spiro atoms. The van der Waals surface area contributed by atoms with Crippen LogP contribution in [0.2, 0.25) is 0 Å². The predicted octanol–water partition coefficient (Wildman–Crippen LogP) is 2.85. The third-order valence-electron chi connectivity index (χ3n) is 3.59. The van der Waals surface area contributed by atoms with Gasteiger partial charge in [0.05, 0.1) is 13.1 Å². The van der Waals surface area contributed by atoms with Crippen LogP contribution in [-0.4, -0.2) is 54.9 Å². The lowest BCUT2D eigenvalue weighted by atomic mass is 10.2. The van der Waals surface area contributed by atoms with E-state index in [0.29, 0.717) is 25.6 Å². The second kappa shape index (κ2) is 12.0. The lowest BCUT2D eigenvalue weighted by Gasteiger charge is -2.25. The Morgan fingerprint density at radius 1 is 1.20 bits per heavy atom. The quantitative estimate of drug-likeness (QED) is 0.381. The molecule has 0 fully saturated rings. The lowest BCUT2D eigenvalue weighted by Crippen LogP contribution is -2.45. The van der Waals surface area contributed by atoms with Gasteiger partial charge in [0.15, 0.2) is 5.96 Å². The van der Waals surface area contributed by atoms with Crippen molar-refractivity contribution >= 4 is 35.8 Å². The highest BCUT2D eigenvalue weighted by Crippen LogP contribution is 2.11. The molecule has 25 heavy (non-hydrogen) atoms. The monoisotopic (exact) mass is 468 g/mol. The zero-order valence-corrected chi connectivity index (χ0v) is 17.5. The highest BCUT2D eigenvalue weighted by Gasteiger charge is 2.15. The Balaban J connectivity index is 0.00000576. The third-order valence-corrected chi connectivity index (χ3v) is 3.59. The SMILES string of the molecule is CCNC(=NCc1cc(F)ccc1F)N(C)CC(=O)N(CC)CC.I. The van der Waals surface area contributed by atoms with E-state index in [1.54, 1.807) is 16.8 Å². The first kappa shape index (κ1) is 23.5. The van der Waals surface area contributed by atoms with Crippen LogP contribution in [0.1, 0.15) is 26.3 Å². The largest absolute Gasteiger partial charge is 0.357 e. The molecule has 1 aromatic rings. The molecule has 142 valence electrons. The molecule has 0 atom stereocenters. The van der Waals surface area contributed by atoms with Gasteiger partial charge in [0.25, 0.3) is 0 Å². The summed E-state index contributed by atoms with van der Waals surface area (Å²) < 4.78 is 26.9. The molecular weight excluding hydrogens is 441 g/mol. The lowest BCUT2D eigenvalue weighted by molar-refractivity contribution is -0.131. The van der Waals surface area contributed by atoms with Crippen LogP contribution in [0.3, 0.4) is 0 Å². The van der Waals surface area contributed by atoms with Crippen molar-refractivity contribution in [3.8, 4) is 0 Å². The van der Waals surface area contributed by atoms with Gasteiger partial charge in [0.2, 0.25) is 5.91 Å². The molecule has 0 bridgehead atoms. The summed E-state index contributed by atoms with van der Waals surface area (Å²) in [6.45, 7) is 7.80. The van der Waals surface area contributed by atoms with Crippen molar-refractivity contribution in [1.82, 2.24) is 15.1 Å². The topological polar surface area (TPSA) is 47.9 Å². The smallest absolute Gasteiger partial charge is 0.242 e. The maximum atomic E-state index is 13.7. The van der Waals surface area contributed by atoms with Gasteiger partial charge in [-0.15, -0.1) is 24.0 Å². The van der Waals surface area contributed by atoms with Crippen LogP contribution in [0.4, 0.5) is 8.78 Å². The number of carbonyl (C=O) groups is 1. The summed E-state index contributed by atoms with van der Waals surface area (Å²) in [6, 6.07) is 3.28. The van der Waals surface area contributed by atoms with Crippen LogP contribution >= 0.6 is 24.0 Å². The van der Waals surface area contributed by atoms with Gasteiger partial charge < -0.3 is 15.1 Å². The van der Waals surface area contributed by atoms with Gasteiger partial charge in [-0.2, -0.15) is 0 Å². The van der Waals surface area contributed by atoms with Crippen molar-refractivity contribution in [2.45, 2.75) is 27.3 Å². The molecule has 0 heterocycles. The minimum absolute atomic E-state index is 0. The van der Waals surface area contributed by atoms with Crippen molar-refractivity contribution in [2.24, 2.45) is 4.99 Å². The van der Waals surface area contributed by atoms with Crippen molar-refractivity contribution in [2.75, 3.05) is 33.2 Å². The van der Waals surface area contributed by atoms with E-state index in [0.717, 1.165) is 18.2 Å². The van der Waals surface area contributed by atoms with E-state index in [1.165, 1.54) is 0 Å². The molecule has 8 heteroatoms. The highest BCUT2D eigenvalue weighted by molar-refractivity contribution is 14.0. The number of carbonyl (C=O) groups excluding carboxylic acids is 1. The van der Waals surface area contributed by atoms with E-state index in [9.17, 15) is 13.6 Å². The Morgan fingerprint density at radius 2 is 1.84 bits per heavy atom. The highest BCUT2D eigenvalue weighted by atomic mass is 127. The molecule has 0 saturated carbocycles. The molecule has 0 unspecified atom stereocenters. The molecule has 1 rings (SSSR count).